The number of rotatable bonds is 4. The molecular formula is C11H11ClN2O2. The van der Waals surface area contributed by atoms with E-state index in [0.717, 1.165) is 6.42 Å². The lowest BCUT2D eigenvalue weighted by atomic mass is 10.0. The van der Waals surface area contributed by atoms with Gasteiger partial charge in [-0.3, -0.25) is 9.59 Å². The fourth-order valence-corrected chi connectivity index (χ4v) is 1.56. The van der Waals surface area contributed by atoms with Gasteiger partial charge >= 0.3 is 0 Å². The Bertz CT molecular complexity index is 500. The molecule has 0 saturated heterocycles. The van der Waals surface area contributed by atoms with Crippen LogP contribution in [0.25, 0.3) is 0 Å². The van der Waals surface area contributed by atoms with E-state index in [1.54, 1.807) is 6.07 Å². The summed E-state index contributed by atoms with van der Waals surface area (Å²) in [6.07, 6.45) is 1.38. The highest BCUT2D eigenvalue weighted by molar-refractivity contribution is 6.30. The molecule has 0 fully saturated rings. The number of H-pyrrole nitrogens is 1. The van der Waals surface area contributed by atoms with Crippen molar-refractivity contribution in [2.75, 3.05) is 5.88 Å². The maximum atomic E-state index is 11.5. The summed E-state index contributed by atoms with van der Waals surface area (Å²) in [5, 5.41) is 8.70. The lowest BCUT2D eigenvalue weighted by Crippen LogP contribution is -2.18. The Morgan fingerprint density at radius 3 is 2.81 bits per heavy atom. The topological polar surface area (TPSA) is 73.7 Å². The zero-order valence-corrected chi connectivity index (χ0v) is 9.60. The van der Waals surface area contributed by atoms with Gasteiger partial charge in [0.2, 0.25) is 0 Å². The number of aromatic nitrogens is 1. The standard InChI is InChI=1S/C11H11ClN2O2/c1-2-3-9-8(10(15)5-12)4-7(6-13)11(16)14-9/h4H,2-3,5H2,1H3,(H,14,16). The molecule has 0 aliphatic carbocycles. The maximum absolute atomic E-state index is 11.5. The Balaban J connectivity index is 3.37. The molecule has 1 N–H and O–H groups in total. The molecule has 5 heteroatoms. The monoisotopic (exact) mass is 238 g/mol. The van der Waals surface area contributed by atoms with E-state index in [1.807, 2.05) is 6.92 Å². The zero-order chi connectivity index (χ0) is 12.1. The molecule has 0 spiro atoms. The Kier molecular flexibility index (Phi) is 4.27. The minimum atomic E-state index is -0.461. The molecule has 0 aromatic carbocycles. The molecule has 1 heterocycles. The lowest BCUT2D eigenvalue weighted by Gasteiger charge is -2.06. The summed E-state index contributed by atoms with van der Waals surface area (Å²) in [6, 6.07) is 3.06. The Hall–Kier alpha value is -1.60. The molecule has 1 rings (SSSR count). The van der Waals surface area contributed by atoms with Crippen LogP contribution >= 0.6 is 11.6 Å². The number of alkyl halides is 1. The van der Waals surface area contributed by atoms with Crippen LogP contribution in [-0.2, 0) is 6.42 Å². The van der Waals surface area contributed by atoms with Gasteiger partial charge in [0.1, 0.15) is 11.6 Å². The first-order valence-corrected chi connectivity index (χ1v) is 5.43. The number of aryl methyl sites for hydroxylation is 1. The quantitative estimate of drug-likeness (QED) is 0.640. The van der Waals surface area contributed by atoms with E-state index in [4.69, 9.17) is 16.9 Å². The van der Waals surface area contributed by atoms with Crippen LogP contribution in [0.4, 0.5) is 0 Å². The lowest BCUT2D eigenvalue weighted by molar-refractivity contribution is 0.101. The van der Waals surface area contributed by atoms with Gasteiger partial charge in [0.25, 0.3) is 5.56 Å². The minimum Gasteiger partial charge on any atom is -0.324 e. The van der Waals surface area contributed by atoms with Gasteiger partial charge in [-0.25, -0.2) is 0 Å². The maximum Gasteiger partial charge on any atom is 0.266 e. The van der Waals surface area contributed by atoms with Crippen molar-refractivity contribution in [3.05, 3.63) is 33.2 Å². The summed E-state index contributed by atoms with van der Waals surface area (Å²) in [5.74, 6) is -0.439. The number of carbonyl (C=O) groups excluding carboxylic acids is 1. The highest BCUT2D eigenvalue weighted by atomic mass is 35.5. The van der Waals surface area contributed by atoms with Crippen molar-refractivity contribution in [3.8, 4) is 6.07 Å². The highest BCUT2D eigenvalue weighted by Crippen LogP contribution is 2.10. The number of halogens is 1. The molecule has 0 saturated carbocycles. The van der Waals surface area contributed by atoms with Crippen molar-refractivity contribution in [2.24, 2.45) is 0 Å². The second-order valence-corrected chi connectivity index (χ2v) is 3.59. The molecule has 4 nitrogen and oxygen atoms in total. The van der Waals surface area contributed by atoms with Crippen LogP contribution < -0.4 is 5.56 Å². The minimum absolute atomic E-state index is 0.0617. The molecule has 0 radical (unpaired) electrons. The van der Waals surface area contributed by atoms with Crippen LogP contribution in [0.15, 0.2) is 10.9 Å². The molecule has 1 aromatic rings. The van der Waals surface area contributed by atoms with Crippen LogP contribution in [0.2, 0.25) is 0 Å². The van der Waals surface area contributed by atoms with E-state index in [0.29, 0.717) is 17.7 Å². The SMILES string of the molecule is CCCc1[nH]c(=O)c(C#N)cc1C(=O)CCl. The summed E-state index contributed by atoms with van der Waals surface area (Å²) in [7, 11) is 0. The average molecular weight is 239 g/mol. The first-order valence-electron chi connectivity index (χ1n) is 4.89. The van der Waals surface area contributed by atoms with Gasteiger partial charge in [-0.2, -0.15) is 5.26 Å². The van der Waals surface area contributed by atoms with Crippen molar-refractivity contribution in [2.45, 2.75) is 19.8 Å². The molecule has 0 atom stereocenters. The Labute approximate surface area is 97.9 Å². The van der Waals surface area contributed by atoms with Crippen molar-refractivity contribution < 1.29 is 4.79 Å². The number of nitrogens with zero attached hydrogens (tertiary/aromatic N) is 1. The van der Waals surface area contributed by atoms with E-state index in [-0.39, 0.29) is 17.2 Å². The van der Waals surface area contributed by atoms with Crippen LogP contribution in [-0.4, -0.2) is 16.6 Å². The number of ketones is 1. The first-order chi connectivity index (χ1) is 7.63. The number of pyridine rings is 1. The third-order valence-electron chi connectivity index (χ3n) is 2.17. The fourth-order valence-electron chi connectivity index (χ4n) is 1.42. The van der Waals surface area contributed by atoms with Gasteiger partial charge in [-0.15, -0.1) is 11.6 Å². The first kappa shape index (κ1) is 12.5. The predicted molar refractivity (Wildman–Crippen MR) is 60.8 cm³/mol. The van der Waals surface area contributed by atoms with Crippen LogP contribution in [0.1, 0.15) is 35.0 Å². The number of aromatic amines is 1. The highest BCUT2D eigenvalue weighted by Gasteiger charge is 2.13. The summed E-state index contributed by atoms with van der Waals surface area (Å²) >= 11 is 5.47. The van der Waals surface area contributed by atoms with E-state index >= 15 is 0 Å². The van der Waals surface area contributed by atoms with Gasteiger partial charge < -0.3 is 4.98 Å². The molecule has 0 unspecified atom stereocenters. The molecule has 84 valence electrons. The third-order valence-corrected chi connectivity index (χ3v) is 2.41. The average Bonchev–Trinajstić information content (AvgIpc) is 2.29. The Morgan fingerprint density at radius 2 is 2.31 bits per heavy atom. The molecule has 16 heavy (non-hydrogen) atoms. The van der Waals surface area contributed by atoms with Crippen LogP contribution in [0.5, 0.6) is 0 Å². The normalized spacial score (nSPS) is 9.81. The number of nitrogens with one attached hydrogen (secondary N) is 1. The molecule has 1 aromatic heterocycles. The van der Waals surface area contributed by atoms with Gasteiger partial charge in [0.05, 0.1) is 5.88 Å². The molecular weight excluding hydrogens is 228 g/mol. The predicted octanol–water partition coefficient (Wildman–Crippen LogP) is 1.62. The zero-order valence-electron chi connectivity index (χ0n) is 8.84. The summed E-state index contributed by atoms with van der Waals surface area (Å²) in [5.41, 5.74) is 0.371. The van der Waals surface area contributed by atoms with E-state index in [1.165, 1.54) is 6.07 Å². The number of Topliss-reactive ketones (excluding diaryl/α,β-unsaturated/α-hetero) is 1. The van der Waals surface area contributed by atoms with Crippen molar-refractivity contribution in [1.29, 1.82) is 5.26 Å². The number of carbonyl (C=O) groups is 1. The molecule has 0 bridgehead atoms. The van der Waals surface area contributed by atoms with E-state index in [9.17, 15) is 9.59 Å². The van der Waals surface area contributed by atoms with Crippen molar-refractivity contribution >= 4 is 17.4 Å². The fraction of sp³-hybridized carbons (Fsp3) is 0.364. The summed E-state index contributed by atoms with van der Waals surface area (Å²) < 4.78 is 0. The van der Waals surface area contributed by atoms with E-state index < -0.39 is 5.56 Å². The molecule has 0 aliphatic heterocycles. The molecule has 0 amide bonds. The van der Waals surface area contributed by atoms with Gasteiger partial charge in [0.15, 0.2) is 5.78 Å². The van der Waals surface area contributed by atoms with E-state index in [2.05, 4.69) is 4.98 Å². The second kappa shape index (κ2) is 5.47. The van der Waals surface area contributed by atoms with Crippen LogP contribution in [0.3, 0.4) is 0 Å². The molecule has 0 aliphatic rings. The third kappa shape index (κ3) is 2.50. The Morgan fingerprint density at radius 1 is 1.62 bits per heavy atom. The van der Waals surface area contributed by atoms with Crippen LogP contribution in [0, 0.1) is 11.3 Å². The number of nitriles is 1. The summed E-state index contributed by atoms with van der Waals surface area (Å²) in [4.78, 5) is 25.5. The second-order valence-electron chi connectivity index (χ2n) is 3.32. The summed E-state index contributed by atoms with van der Waals surface area (Å²) in [6.45, 7) is 1.94. The largest absolute Gasteiger partial charge is 0.324 e. The number of hydrogen-bond acceptors (Lipinski definition) is 3. The smallest absolute Gasteiger partial charge is 0.266 e. The van der Waals surface area contributed by atoms with Gasteiger partial charge in [0, 0.05) is 11.3 Å². The van der Waals surface area contributed by atoms with Gasteiger partial charge in [-0.1, -0.05) is 13.3 Å². The number of hydrogen-bond donors (Lipinski definition) is 1. The van der Waals surface area contributed by atoms with Gasteiger partial charge in [-0.05, 0) is 12.5 Å². The van der Waals surface area contributed by atoms with Crippen molar-refractivity contribution in [1.82, 2.24) is 4.98 Å². The van der Waals surface area contributed by atoms with Crippen molar-refractivity contribution in [3.63, 3.8) is 0 Å².